The van der Waals surface area contributed by atoms with Gasteiger partial charge in [-0.1, -0.05) is 18.2 Å². The lowest BCUT2D eigenvalue weighted by atomic mass is 9.83. The van der Waals surface area contributed by atoms with E-state index in [-0.39, 0.29) is 24.1 Å². The molecule has 1 aliphatic carbocycles. The third-order valence-corrected chi connectivity index (χ3v) is 5.34. The number of benzene rings is 1. The molecule has 2 aliphatic rings. The van der Waals surface area contributed by atoms with Crippen LogP contribution in [0.5, 0.6) is 5.75 Å². The number of amides is 1. The normalized spacial score (nSPS) is 27.1. The highest BCUT2D eigenvalue weighted by atomic mass is 16.5. The lowest BCUT2D eigenvalue weighted by molar-refractivity contribution is -0.000973. The van der Waals surface area contributed by atoms with Crippen molar-refractivity contribution < 1.29 is 14.6 Å². The van der Waals surface area contributed by atoms with Crippen molar-refractivity contribution in [2.75, 3.05) is 11.9 Å². The molecule has 4 atom stereocenters. The summed E-state index contributed by atoms with van der Waals surface area (Å²) < 4.78 is 6.10. The molecule has 0 unspecified atom stereocenters. The van der Waals surface area contributed by atoms with Crippen LogP contribution in [0, 0.1) is 6.92 Å². The largest absolute Gasteiger partial charge is 0.486 e. The molecule has 0 spiro atoms. The zero-order valence-electron chi connectivity index (χ0n) is 14.9. The van der Waals surface area contributed by atoms with Crippen molar-refractivity contribution in [2.24, 2.45) is 0 Å². The van der Waals surface area contributed by atoms with E-state index >= 15 is 0 Å². The van der Waals surface area contributed by atoms with E-state index in [4.69, 9.17) is 4.74 Å². The maximum atomic E-state index is 12.5. The molecule has 6 heteroatoms. The second-order valence-electron chi connectivity index (χ2n) is 7.09. The lowest BCUT2D eigenvalue weighted by Crippen LogP contribution is -2.64. The number of carbonyl (C=O) groups excluding carboxylic acids is 1. The Bertz CT molecular complexity index is 808. The second-order valence-corrected chi connectivity index (χ2v) is 7.09. The summed E-state index contributed by atoms with van der Waals surface area (Å²) in [6.45, 7) is 1.93. The summed E-state index contributed by atoms with van der Waals surface area (Å²) in [5.41, 5.74) is 2.32. The third kappa shape index (κ3) is 2.90. The van der Waals surface area contributed by atoms with Gasteiger partial charge in [0.25, 0.3) is 5.91 Å². The van der Waals surface area contributed by atoms with E-state index in [0.29, 0.717) is 12.1 Å². The van der Waals surface area contributed by atoms with Gasteiger partial charge in [0.1, 0.15) is 17.5 Å². The molecule has 1 amide bonds. The van der Waals surface area contributed by atoms with E-state index in [2.05, 4.69) is 15.2 Å². The number of nitrogens with one attached hydrogen (secondary N) is 1. The number of para-hydroxylation sites is 2. The number of pyridine rings is 1. The number of carbonyl (C=O) groups is 1. The van der Waals surface area contributed by atoms with Crippen molar-refractivity contribution in [1.82, 2.24) is 10.3 Å². The Morgan fingerprint density at radius 3 is 2.85 bits per heavy atom. The Balaban J connectivity index is 1.51. The maximum Gasteiger partial charge on any atom is 0.270 e. The Labute approximate surface area is 152 Å². The smallest absolute Gasteiger partial charge is 0.270 e. The number of nitrogens with zero attached hydrogens (tertiary/aromatic N) is 2. The fourth-order valence-corrected chi connectivity index (χ4v) is 3.92. The first-order valence-electron chi connectivity index (χ1n) is 8.94. The van der Waals surface area contributed by atoms with Gasteiger partial charge in [0.05, 0.1) is 23.9 Å². The van der Waals surface area contributed by atoms with Crippen molar-refractivity contribution in [3.63, 3.8) is 0 Å². The molecular formula is C20H23N3O3. The predicted molar refractivity (Wildman–Crippen MR) is 98.5 cm³/mol. The van der Waals surface area contributed by atoms with E-state index in [1.807, 2.05) is 44.3 Å². The third-order valence-electron chi connectivity index (χ3n) is 5.34. The zero-order valence-corrected chi connectivity index (χ0v) is 14.9. The summed E-state index contributed by atoms with van der Waals surface area (Å²) in [6.07, 6.45) is 2.29. The van der Waals surface area contributed by atoms with Crippen LogP contribution in [0.2, 0.25) is 0 Å². The minimum atomic E-state index is -0.721. The fraction of sp³-hybridized carbons (Fsp3) is 0.400. The minimum absolute atomic E-state index is 0.0875. The van der Waals surface area contributed by atoms with Gasteiger partial charge in [-0.25, -0.2) is 0 Å². The number of aliphatic hydroxyl groups excluding tert-OH is 1. The van der Waals surface area contributed by atoms with Crippen LogP contribution in [0.3, 0.4) is 0 Å². The molecule has 1 saturated carbocycles. The van der Waals surface area contributed by atoms with Gasteiger partial charge in [-0.15, -0.1) is 0 Å². The van der Waals surface area contributed by atoms with Crippen LogP contribution in [0.1, 0.15) is 28.9 Å². The molecule has 136 valence electrons. The van der Waals surface area contributed by atoms with E-state index in [0.717, 1.165) is 23.4 Å². The van der Waals surface area contributed by atoms with Gasteiger partial charge in [0.2, 0.25) is 0 Å². The fourth-order valence-electron chi connectivity index (χ4n) is 3.92. The molecule has 1 aromatic carbocycles. The van der Waals surface area contributed by atoms with Crippen LogP contribution in [-0.4, -0.2) is 47.3 Å². The Morgan fingerprint density at radius 2 is 2.08 bits per heavy atom. The summed E-state index contributed by atoms with van der Waals surface area (Å²) in [6, 6.07) is 10.9. The minimum Gasteiger partial charge on any atom is -0.486 e. The lowest BCUT2D eigenvalue weighted by Gasteiger charge is -2.48. The highest BCUT2D eigenvalue weighted by Gasteiger charge is 2.45. The average molecular weight is 353 g/mol. The van der Waals surface area contributed by atoms with Crippen molar-refractivity contribution in [3.8, 4) is 5.75 Å². The van der Waals surface area contributed by atoms with Crippen molar-refractivity contribution in [1.29, 1.82) is 0 Å². The predicted octanol–water partition coefficient (Wildman–Crippen LogP) is 1.91. The monoisotopic (exact) mass is 353 g/mol. The Morgan fingerprint density at radius 1 is 1.27 bits per heavy atom. The van der Waals surface area contributed by atoms with Gasteiger partial charge < -0.3 is 20.1 Å². The molecule has 0 radical (unpaired) electrons. The standard InChI is InChI=1S/C20H23N3O3/c1-12-7-8-14(21-11-12)20(25)22-13-9-10-17-18(19(13)24)23(2)15-5-3-4-6-16(15)26-17/h3-8,11,13,17-19,24H,9-10H2,1-2H3,(H,22,25)/t13-,17-,18-,19-/m1/s1. The van der Waals surface area contributed by atoms with Crippen molar-refractivity contribution in [2.45, 2.75) is 44.1 Å². The number of aryl methyl sites for hydroxylation is 1. The van der Waals surface area contributed by atoms with E-state index in [9.17, 15) is 9.90 Å². The van der Waals surface area contributed by atoms with Crippen LogP contribution < -0.4 is 15.0 Å². The molecule has 2 heterocycles. The molecular weight excluding hydrogens is 330 g/mol. The van der Waals surface area contributed by atoms with Gasteiger partial charge >= 0.3 is 0 Å². The van der Waals surface area contributed by atoms with Gasteiger partial charge in [-0.05, 0) is 43.5 Å². The van der Waals surface area contributed by atoms with Crippen LogP contribution in [0.4, 0.5) is 5.69 Å². The summed E-state index contributed by atoms with van der Waals surface area (Å²) in [5.74, 6) is 0.585. The van der Waals surface area contributed by atoms with Crippen molar-refractivity contribution in [3.05, 3.63) is 53.9 Å². The Hall–Kier alpha value is -2.60. The number of hydrogen-bond donors (Lipinski definition) is 2. The van der Waals surface area contributed by atoms with Gasteiger partial charge in [-0.2, -0.15) is 0 Å². The first-order valence-corrected chi connectivity index (χ1v) is 8.94. The topological polar surface area (TPSA) is 74.7 Å². The number of likely N-dealkylation sites (N-methyl/N-ethyl adjacent to an activating group) is 1. The molecule has 0 bridgehead atoms. The van der Waals surface area contributed by atoms with Gasteiger partial charge in [0.15, 0.2) is 0 Å². The van der Waals surface area contributed by atoms with Crippen molar-refractivity contribution >= 4 is 11.6 Å². The molecule has 1 aliphatic heterocycles. The number of rotatable bonds is 2. The Kier molecular flexibility index (Phi) is 4.28. The van der Waals surface area contributed by atoms with Crippen LogP contribution in [-0.2, 0) is 0 Å². The molecule has 0 saturated heterocycles. The molecule has 6 nitrogen and oxygen atoms in total. The number of hydrogen-bond acceptors (Lipinski definition) is 5. The van der Waals surface area contributed by atoms with Crippen LogP contribution >= 0.6 is 0 Å². The number of anilines is 1. The SMILES string of the molecule is Cc1ccc(C(=O)N[C@@H]2CC[C@H]3Oc4ccccc4N(C)[C@H]3[C@@H]2O)nc1. The van der Waals surface area contributed by atoms with Crippen LogP contribution in [0.25, 0.3) is 0 Å². The maximum absolute atomic E-state index is 12.5. The van der Waals surface area contributed by atoms with Gasteiger partial charge in [-0.3, -0.25) is 9.78 Å². The number of ether oxygens (including phenoxy) is 1. The summed E-state index contributed by atoms with van der Waals surface area (Å²) >= 11 is 0. The van der Waals surface area contributed by atoms with Crippen LogP contribution in [0.15, 0.2) is 42.6 Å². The first kappa shape index (κ1) is 16.8. The highest BCUT2D eigenvalue weighted by Crippen LogP contribution is 2.39. The second kappa shape index (κ2) is 6.61. The molecule has 4 rings (SSSR count). The zero-order chi connectivity index (χ0) is 18.3. The van der Waals surface area contributed by atoms with E-state index in [1.165, 1.54) is 0 Å². The molecule has 2 N–H and O–H groups in total. The van der Waals surface area contributed by atoms with E-state index < -0.39 is 6.10 Å². The highest BCUT2D eigenvalue weighted by molar-refractivity contribution is 5.92. The number of fused-ring (bicyclic) bond motifs is 2. The number of aromatic nitrogens is 1. The first-order chi connectivity index (χ1) is 12.5. The van der Waals surface area contributed by atoms with E-state index in [1.54, 1.807) is 12.3 Å². The molecule has 1 aromatic heterocycles. The quantitative estimate of drug-likeness (QED) is 0.863. The molecule has 1 fully saturated rings. The molecule has 2 aromatic rings. The summed E-state index contributed by atoms with van der Waals surface area (Å²) in [5, 5.41) is 13.9. The summed E-state index contributed by atoms with van der Waals surface area (Å²) in [4.78, 5) is 18.7. The summed E-state index contributed by atoms with van der Waals surface area (Å²) in [7, 11) is 1.97. The molecule has 26 heavy (non-hydrogen) atoms. The number of aliphatic hydroxyl groups is 1. The average Bonchev–Trinajstić information content (AvgIpc) is 2.64. The van der Waals surface area contributed by atoms with Gasteiger partial charge in [0, 0.05) is 13.2 Å².